The molecule has 13 heteroatoms. The van der Waals surface area contributed by atoms with Crippen LogP contribution in [0.1, 0.15) is 27.5 Å². The van der Waals surface area contributed by atoms with E-state index in [0.29, 0.717) is 22.1 Å². The molecule has 172 valence electrons. The summed E-state index contributed by atoms with van der Waals surface area (Å²) in [4.78, 5) is 28.2. The average Bonchev–Trinajstić information content (AvgIpc) is 3.46. The van der Waals surface area contributed by atoms with Crippen LogP contribution in [-0.2, 0) is 17.5 Å². The Morgan fingerprint density at radius 1 is 1.36 bits per heavy atom. The molecule has 3 N–H and O–H groups in total. The summed E-state index contributed by atoms with van der Waals surface area (Å²) in [5.41, 5.74) is 4.96. The number of aryl methyl sites for hydroxylation is 1. The van der Waals surface area contributed by atoms with Crippen molar-refractivity contribution in [2.45, 2.75) is 26.1 Å². The quantitative estimate of drug-likeness (QED) is 0.394. The summed E-state index contributed by atoms with van der Waals surface area (Å²) < 4.78 is 47.2. The maximum atomic E-state index is 13.4. The van der Waals surface area contributed by atoms with Crippen LogP contribution in [0.4, 0.5) is 18.9 Å². The molecule has 0 unspecified atom stereocenters. The number of nitrogens with one attached hydrogen (secondary N) is 1. The van der Waals surface area contributed by atoms with Gasteiger partial charge in [0.25, 0.3) is 5.91 Å². The van der Waals surface area contributed by atoms with E-state index in [1.165, 1.54) is 29.3 Å². The lowest BCUT2D eigenvalue weighted by Gasteiger charge is -2.11. The number of hydrogen-bond donors (Lipinski definition) is 2. The molecule has 33 heavy (non-hydrogen) atoms. The highest BCUT2D eigenvalue weighted by Crippen LogP contribution is 2.43. The molecule has 0 fully saturated rings. The van der Waals surface area contributed by atoms with Gasteiger partial charge in [-0.15, -0.1) is 11.3 Å². The molecule has 0 atom stereocenters. The largest absolute Gasteiger partial charge is 0.464 e. The van der Waals surface area contributed by atoms with Gasteiger partial charge in [-0.3, -0.25) is 14.3 Å². The number of furan rings is 1. The van der Waals surface area contributed by atoms with E-state index in [1.807, 2.05) is 0 Å². The van der Waals surface area contributed by atoms with Gasteiger partial charge in [0, 0.05) is 17.4 Å². The van der Waals surface area contributed by atoms with Gasteiger partial charge in [0.2, 0.25) is 5.91 Å². The molecular formula is C20H15ClF3N5O3S. The first-order valence-corrected chi connectivity index (χ1v) is 10.6. The molecule has 0 aromatic carbocycles. The third kappa shape index (κ3) is 4.44. The normalized spacial score (nSPS) is 11.8. The van der Waals surface area contributed by atoms with Crippen LogP contribution in [0.5, 0.6) is 0 Å². The van der Waals surface area contributed by atoms with Crippen molar-refractivity contribution in [1.29, 1.82) is 0 Å². The molecule has 4 heterocycles. The molecule has 0 spiro atoms. The molecule has 0 aliphatic carbocycles. The molecule has 4 aromatic rings. The zero-order valence-corrected chi connectivity index (χ0v) is 18.4. The maximum absolute atomic E-state index is 13.4. The van der Waals surface area contributed by atoms with Crippen molar-refractivity contribution in [3.63, 3.8) is 0 Å². The number of fused-ring (bicyclic) bond motifs is 1. The Kier molecular flexibility index (Phi) is 5.89. The topological polar surface area (TPSA) is 116 Å². The van der Waals surface area contributed by atoms with Crippen LogP contribution in [0.3, 0.4) is 0 Å². The van der Waals surface area contributed by atoms with Crippen molar-refractivity contribution in [2.24, 2.45) is 5.73 Å². The van der Waals surface area contributed by atoms with Gasteiger partial charge >= 0.3 is 6.18 Å². The molecule has 0 saturated heterocycles. The second kappa shape index (κ2) is 8.52. The molecule has 0 bridgehead atoms. The maximum Gasteiger partial charge on any atom is 0.433 e. The number of alkyl halides is 3. The standard InChI is InChI=1S/C20H15ClF3N5O3S/c1-9-11(21)8-26-29(9)5-4-14(30)28-16-15-10(12-3-2-6-32-12)7-13(20(22,23)24)27-19(15)33-17(16)18(25)31/h2-3,6-8H,4-5H2,1H3,(H2,25,31)(H,28,30). The smallest absolute Gasteiger partial charge is 0.433 e. The molecule has 0 aliphatic heterocycles. The number of nitrogens with zero attached hydrogens (tertiary/aromatic N) is 3. The third-order valence-corrected chi connectivity index (χ3v) is 6.29. The van der Waals surface area contributed by atoms with Crippen molar-refractivity contribution in [3.8, 4) is 11.3 Å². The lowest BCUT2D eigenvalue weighted by molar-refractivity contribution is -0.140. The molecular weight excluding hydrogens is 483 g/mol. The molecule has 2 amide bonds. The van der Waals surface area contributed by atoms with Gasteiger partial charge in [-0.25, -0.2) is 4.98 Å². The van der Waals surface area contributed by atoms with E-state index in [0.717, 1.165) is 6.07 Å². The number of nitrogens with two attached hydrogens (primary N) is 1. The number of hydrogen-bond acceptors (Lipinski definition) is 6. The Balaban J connectivity index is 1.78. The third-order valence-electron chi connectivity index (χ3n) is 4.82. The Morgan fingerprint density at radius 3 is 2.70 bits per heavy atom. The highest BCUT2D eigenvalue weighted by Gasteiger charge is 2.35. The van der Waals surface area contributed by atoms with Crippen LogP contribution in [0.15, 0.2) is 35.1 Å². The summed E-state index contributed by atoms with van der Waals surface area (Å²) in [5, 5.41) is 7.25. The Labute approximate surface area is 193 Å². The second-order valence-corrected chi connectivity index (χ2v) is 8.39. The predicted octanol–water partition coefficient (Wildman–Crippen LogP) is 4.86. The van der Waals surface area contributed by atoms with Crippen molar-refractivity contribution in [2.75, 3.05) is 5.32 Å². The zero-order chi connectivity index (χ0) is 23.9. The number of aromatic nitrogens is 3. The van der Waals surface area contributed by atoms with Gasteiger partial charge in [0.1, 0.15) is 21.2 Å². The number of primary amides is 1. The summed E-state index contributed by atoms with van der Waals surface area (Å²) >= 11 is 6.62. The van der Waals surface area contributed by atoms with Gasteiger partial charge in [-0.05, 0) is 25.1 Å². The van der Waals surface area contributed by atoms with E-state index in [-0.39, 0.29) is 45.1 Å². The van der Waals surface area contributed by atoms with E-state index >= 15 is 0 Å². The number of halogens is 4. The fourth-order valence-corrected chi connectivity index (χ4v) is 4.37. The highest BCUT2D eigenvalue weighted by molar-refractivity contribution is 7.21. The number of pyridine rings is 1. The minimum atomic E-state index is -4.74. The highest BCUT2D eigenvalue weighted by atomic mass is 35.5. The summed E-state index contributed by atoms with van der Waals surface area (Å²) in [6.07, 6.45) is -2.03. The molecule has 8 nitrogen and oxygen atoms in total. The average molecular weight is 498 g/mol. The fourth-order valence-electron chi connectivity index (χ4n) is 3.22. The number of rotatable bonds is 6. The van der Waals surface area contributed by atoms with E-state index in [1.54, 1.807) is 6.92 Å². The SMILES string of the molecule is Cc1c(Cl)cnn1CCC(=O)Nc1c(C(N)=O)sc2nc(C(F)(F)F)cc(-c3ccco3)c12. The van der Waals surface area contributed by atoms with Crippen molar-refractivity contribution in [3.05, 3.63) is 51.9 Å². The van der Waals surface area contributed by atoms with E-state index in [4.69, 9.17) is 21.8 Å². The first-order valence-electron chi connectivity index (χ1n) is 9.42. The van der Waals surface area contributed by atoms with E-state index in [9.17, 15) is 22.8 Å². The summed E-state index contributed by atoms with van der Waals surface area (Å²) in [6, 6.07) is 3.78. The van der Waals surface area contributed by atoms with Gasteiger partial charge in [0.15, 0.2) is 0 Å². The van der Waals surface area contributed by atoms with Crippen molar-refractivity contribution in [1.82, 2.24) is 14.8 Å². The Hall–Kier alpha value is -3.38. The molecule has 0 radical (unpaired) electrons. The molecule has 4 rings (SSSR count). The summed E-state index contributed by atoms with van der Waals surface area (Å²) in [5.74, 6) is -1.31. The summed E-state index contributed by atoms with van der Waals surface area (Å²) in [7, 11) is 0. The van der Waals surface area contributed by atoms with E-state index < -0.39 is 23.7 Å². The number of thiophene rings is 1. The fraction of sp³-hybridized carbons (Fsp3) is 0.200. The minimum absolute atomic E-state index is 0.0182. The van der Waals surface area contributed by atoms with Gasteiger partial charge in [-0.1, -0.05) is 11.6 Å². The molecule has 0 saturated carbocycles. The number of carbonyl (C=O) groups is 2. The van der Waals surface area contributed by atoms with Crippen LogP contribution in [-0.4, -0.2) is 26.6 Å². The number of amides is 2. The van der Waals surface area contributed by atoms with Crippen LogP contribution < -0.4 is 11.1 Å². The van der Waals surface area contributed by atoms with Crippen molar-refractivity contribution >= 4 is 50.7 Å². The van der Waals surface area contributed by atoms with Crippen LogP contribution >= 0.6 is 22.9 Å². The first-order chi connectivity index (χ1) is 15.6. The first kappa shape index (κ1) is 22.8. The van der Waals surface area contributed by atoms with Gasteiger partial charge < -0.3 is 15.5 Å². The molecule has 4 aromatic heterocycles. The molecule has 0 aliphatic rings. The van der Waals surface area contributed by atoms with Gasteiger partial charge in [-0.2, -0.15) is 18.3 Å². The number of carbonyl (C=O) groups excluding carboxylic acids is 2. The monoisotopic (exact) mass is 497 g/mol. The predicted molar refractivity (Wildman–Crippen MR) is 116 cm³/mol. The summed E-state index contributed by atoms with van der Waals surface area (Å²) in [6.45, 7) is 1.93. The Morgan fingerprint density at radius 2 is 2.12 bits per heavy atom. The lowest BCUT2D eigenvalue weighted by atomic mass is 10.1. The van der Waals surface area contributed by atoms with Crippen LogP contribution in [0, 0.1) is 6.92 Å². The van der Waals surface area contributed by atoms with Crippen LogP contribution in [0.2, 0.25) is 5.02 Å². The van der Waals surface area contributed by atoms with Crippen LogP contribution in [0.25, 0.3) is 21.5 Å². The number of anilines is 1. The Bertz CT molecular complexity index is 1360. The van der Waals surface area contributed by atoms with E-state index in [2.05, 4.69) is 15.4 Å². The lowest BCUT2D eigenvalue weighted by Crippen LogP contribution is -2.18. The van der Waals surface area contributed by atoms with Gasteiger partial charge in [0.05, 0.1) is 35.4 Å². The zero-order valence-electron chi connectivity index (χ0n) is 16.9. The minimum Gasteiger partial charge on any atom is -0.464 e. The van der Waals surface area contributed by atoms with Crippen molar-refractivity contribution < 1.29 is 27.2 Å². The second-order valence-electron chi connectivity index (χ2n) is 6.98.